The number of anilines is 2. The SMILES string of the molecule is Cc1cc(C)c(N(C)c2c(C)cc(C)c(C)c2C)c(C)c1C. The van der Waals surface area contributed by atoms with Crippen molar-refractivity contribution in [2.24, 2.45) is 0 Å². The normalized spacial score (nSPS) is 11.0. The maximum absolute atomic E-state index is 2.38. The number of hydrogen-bond donors (Lipinski definition) is 0. The minimum Gasteiger partial charge on any atom is -0.344 e. The topological polar surface area (TPSA) is 3.24 Å². The molecule has 0 aliphatic carbocycles. The molecule has 1 nitrogen and oxygen atoms in total. The third kappa shape index (κ3) is 2.54. The van der Waals surface area contributed by atoms with Gasteiger partial charge in [-0.05, 0) is 99.9 Å². The fraction of sp³-hybridized carbons (Fsp3) is 0.429. The molecule has 0 radical (unpaired) electrons. The molecular formula is C21H29N. The summed E-state index contributed by atoms with van der Waals surface area (Å²) in [7, 11) is 2.20. The first-order chi connectivity index (χ1) is 10.2. The number of rotatable bonds is 2. The molecule has 0 fully saturated rings. The monoisotopic (exact) mass is 295 g/mol. The van der Waals surface area contributed by atoms with Crippen LogP contribution in [0.3, 0.4) is 0 Å². The highest BCUT2D eigenvalue weighted by Gasteiger charge is 2.18. The average molecular weight is 295 g/mol. The number of hydrogen-bond acceptors (Lipinski definition) is 1. The summed E-state index contributed by atoms with van der Waals surface area (Å²) in [5.41, 5.74) is 13.7. The van der Waals surface area contributed by atoms with Crippen molar-refractivity contribution in [1.29, 1.82) is 0 Å². The number of nitrogens with zero attached hydrogens (tertiary/aromatic N) is 1. The second kappa shape index (κ2) is 5.79. The van der Waals surface area contributed by atoms with E-state index >= 15 is 0 Å². The largest absolute Gasteiger partial charge is 0.344 e. The van der Waals surface area contributed by atoms with Crippen LogP contribution in [0.25, 0.3) is 0 Å². The molecule has 0 saturated heterocycles. The summed E-state index contributed by atoms with van der Waals surface area (Å²) in [5, 5.41) is 0. The van der Waals surface area contributed by atoms with E-state index in [1.54, 1.807) is 0 Å². The van der Waals surface area contributed by atoms with Gasteiger partial charge >= 0.3 is 0 Å². The average Bonchev–Trinajstić information content (AvgIpc) is 2.42. The van der Waals surface area contributed by atoms with Crippen LogP contribution in [0.5, 0.6) is 0 Å². The van der Waals surface area contributed by atoms with Crippen LogP contribution in [-0.2, 0) is 0 Å². The standard InChI is InChI=1S/C21H29N/c1-12-10-14(3)20(18(7)16(12)5)22(9)21-15(4)11-13(2)17(6)19(21)8/h10-11H,1-9H3. The summed E-state index contributed by atoms with van der Waals surface area (Å²) < 4.78 is 0. The second-order valence-corrected chi connectivity index (χ2v) is 6.78. The van der Waals surface area contributed by atoms with Gasteiger partial charge < -0.3 is 4.90 Å². The van der Waals surface area contributed by atoms with Crippen LogP contribution < -0.4 is 4.90 Å². The molecule has 0 bridgehead atoms. The van der Waals surface area contributed by atoms with Gasteiger partial charge in [-0.15, -0.1) is 0 Å². The number of benzene rings is 2. The lowest BCUT2D eigenvalue weighted by Gasteiger charge is -2.29. The minimum atomic E-state index is 1.34. The molecule has 2 aromatic carbocycles. The van der Waals surface area contributed by atoms with Crippen molar-refractivity contribution in [3.8, 4) is 0 Å². The summed E-state index contributed by atoms with van der Waals surface area (Å²) in [6.07, 6.45) is 0. The molecule has 0 aromatic heterocycles. The molecule has 0 heterocycles. The van der Waals surface area contributed by atoms with Crippen molar-refractivity contribution in [1.82, 2.24) is 0 Å². The number of aryl methyl sites for hydroxylation is 4. The van der Waals surface area contributed by atoms with Crippen LogP contribution in [0.2, 0.25) is 0 Å². The minimum absolute atomic E-state index is 1.34. The van der Waals surface area contributed by atoms with Crippen LogP contribution >= 0.6 is 0 Å². The van der Waals surface area contributed by atoms with E-state index in [9.17, 15) is 0 Å². The van der Waals surface area contributed by atoms with Crippen molar-refractivity contribution in [2.75, 3.05) is 11.9 Å². The van der Waals surface area contributed by atoms with Crippen LogP contribution in [-0.4, -0.2) is 7.05 Å². The summed E-state index contributed by atoms with van der Waals surface area (Å²) in [4.78, 5) is 2.38. The lowest BCUT2D eigenvalue weighted by molar-refractivity contribution is 1.09. The van der Waals surface area contributed by atoms with Gasteiger partial charge in [0.1, 0.15) is 0 Å². The Hall–Kier alpha value is -1.76. The second-order valence-electron chi connectivity index (χ2n) is 6.78. The molecule has 1 heteroatoms. The predicted molar refractivity (Wildman–Crippen MR) is 98.8 cm³/mol. The van der Waals surface area contributed by atoms with E-state index < -0.39 is 0 Å². The van der Waals surface area contributed by atoms with E-state index in [1.165, 1.54) is 55.9 Å². The zero-order valence-electron chi connectivity index (χ0n) is 15.6. The van der Waals surface area contributed by atoms with Gasteiger partial charge in [0.05, 0.1) is 0 Å². The van der Waals surface area contributed by atoms with Gasteiger partial charge in [-0.2, -0.15) is 0 Å². The molecule has 0 aliphatic rings. The lowest BCUT2D eigenvalue weighted by Crippen LogP contribution is -2.17. The van der Waals surface area contributed by atoms with Crippen LogP contribution in [0.15, 0.2) is 12.1 Å². The quantitative estimate of drug-likeness (QED) is 0.664. The van der Waals surface area contributed by atoms with Gasteiger partial charge in [-0.3, -0.25) is 0 Å². The molecule has 2 rings (SSSR count). The zero-order valence-corrected chi connectivity index (χ0v) is 15.6. The highest BCUT2D eigenvalue weighted by molar-refractivity contribution is 5.76. The molecular weight excluding hydrogens is 266 g/mol. The van der Waals surface area contributed by atoms with Crippen molar-refractivity contribution in [3.63, 3.8) is 0 Å². The Kier molecular flexibility index (Phi) is 4.37. The summed E-state index contributed by atoms with van der Waals surface area (Å²) in [6.45, 7) is 17.8. The highest BCUT2D eigenvalue weighted by atomic mass is 15.1. The summed E-state index contributed by atoms with van der Waals surface area (Å²) in [5.74, 6) is 0. The molecule has 0 spiro atoms. The van der Waals surface area contributed by atoms with Gasteiger partial charge in [0.25, 0.3) is 0 Å². The van der Waals surface area contributed by atoms with E-state index in [1.807, 2.05) is 0 Å². The van der Waals surface area contributed by atoms with Gasteiger partial charge in [-0.1, -0.05) is 12.1 Å². The van der Waals surface area contributed by atoms with Crippen molar-refractivity contribution in [3.05, 3.63) is 56.6 Å². The molecule has 118 valence electrons. The third-order valence-electron chi connectivity index (χ3n) is 5.30. The Balaban J connectivity index is 2.72. The van der Waals surface area contributed by atoms with E-state index in [4.69, 9.17) is 0 Å². The van der Waals surface area contributed by atoms with Crippen molar-refractivity contribution in [2.45, 2.75) is 55.4 Å². The molecule has 0 unspecified atom stereocenters. The first-order valence-corrected chi connectivity index (χ1v) is 8.05. The maximum Gasteiger partial charge on any atom is 0.0470 e. The first kappa shape index (κ1) is 16.6. The molecule has 0 atom stereocenters. The van der Waals surface area contributed by atoms with Crippen LogP contribution in [0.4, 0.5) is 11.4 Å². The predicted octanol–water partition coefficient (Wildman–Crippen LogP) is 5.92. The smallest absolute Gasteiger partial charge is 0.0470 e. The Morgan fingerprint density at radius 3 is 1.14 bits per heavy atom. The van der Waals surface area contributed by atoms with E-state index in [2.05, 4.69) is 79.5 Å². The zero-order chi connectivity index (χ0) is 16.8. The van der Waals surface area contributed by atoms with Gasteiger partial charge in [-0.25, -0.2) is 0 Å². The van der Waals surface area contributed by atoms with Crippen LogP contribution in [0, 0.1) is 55.4 Å². The molecule has 0 amide bonds. The van der Waals surface area contributed by atoms with Gasteiger partial charge in [0.15, 0.2) is 0 Å². The Morgan fingerprint density at radius 1 is 0.500 bits per heavy atom. The Bertz CT molecular complexity index is 675. The fourth-order valence-electron chi connectivity index (χ4n) is 3.68. The molecule has 0 saturated carbocycles. The van der Waals surface area contributed by atoms with E-state index in [0.717, 1.165) is 0 Å². The Labute approximate surface area is 136 Å². The summed E-state index contributed by atoms with van der Waals surface area (Å²) >= 11 is 0. The van der Waals surface area contributed by atoms with Gasteiger partial charge in [0.2, 0.25) is 0 Å². The molecule has 0 aliphatic heterocycles. The molecule has 2 aromatic rings. The highest BCUT2D eigenvalue weighted by Crippen LogP contribution is 2.38. The van der Waals surface area contributed by atoms with Crippen LogP contribution in [0.1, 0.15) is 44.5 Å². The van der Waals surface area contributed by atoms with E-state index in [-0.39, 0.29) is 0 Å². The molecule has 0 N–H and O–H groups in total. The van der Waals surface area contributed by atoms with Crippen molar-refractivity contribution < 1.29 is 0 Å². The summed E-state index contributed by atoms with van der Waals surface area (Å²) in [6, 6.07) is 4.61. The van der Waals surface area contributed by atoms with Gasteiger partial charge in [0, 0.05) is 18.4 Å². The fourth-order valence-corrected chi connectivity index (χ4v) is 3.68. The first-order valence-electron chi connectivity index (χ1n) is 8.05. The third-order valence-corrected chi connectivity index (χ3v) is 5.30. The Morgan fingerprint density at radius 2 is 0.818 bits per heavy atom. The van der Waals surface area contributed by atoms with E-state index in [0.29, 0.717) is 0 Å². The molecule has 22 heavy (non-hydrogen) atoms. The lowest BCUT2D eigenvalue weighted by atomic mass is 9.94. The van der Waals surface area contributed by atoms with Crippen molar-refractivity contribution >= 4 is 11.4 Å². The maximum atomic E-state index is 2.38.